The highest BCUT2D eigenvalue weighted by Crippen LogP contribution is 2.40. The minimum Gasteiger partial charge on any atom is -0.488 e. The van der Waals surface area contributed by atoms with Crippen LogP contribution in [0.5, 0.6) is 5.75 Å². The van der Waals surface area contributed by atoms with E-state index in [0.717, 1.165) is 12.8 Å². The van der Waals surface area contributed by atoms with Gasteiger partial charge in [-0.15, -0.1) is 0 Å². The number of nitrogens with two attached hydrogens (primary N) is 2. The van der Waals surface area contributed by atoms with Crippen molar-refractivity contribution >= 4 is 15.7 Å². The number of anilines is 1. The number of primary sulfonamides is 1. The molecule has 0 spiro atoms. The Morgan fingerprint density at radius 2 is 1.95 bits per heavy atom. The summed E-state index contributed by atoms with van der Waals surface area (Å²) < 4.78 is 28.8. The summed E-state index contributed by atoms with van der Waals surface area (Å²) in [6, 6.07) is 4.33. The molecule has 21 heavy (non-hydrogen) atoms. The van der Waals surface area contributed by atoms with Gasteiger partial charge in [-0.1, -0.05) is 20.8 Å². The largest absolute Gasteiger partial charge is 0.488 e. The predicted octanol–water partition coefficient (Wildman–Crippen LogP) is 2.51. The van der Waals surface area contributed by atoms with E-state index in [2.05, 4.69) is 20.8 Å². The van der Waals surface area contributed by atoms with Crippen LogP contribution >= 0.6 is 0 Å². The molecular weight excluding hydrogens is 288 g/mol. The molecule has 0 aliphatic heterocycles. The first-order chi connectivity index (χ1) is 9.57. The van der Waals surface area contributed by atoms with Crippen LogP contribution in [-0.4, -0.2) is 14.5 Å². The van der Waals surface area contributed by atoms with Gasteiger partial charge >= 0.3 is 0 Å². The molecule has 0 bridgehead atoms. The summed E-state index contributed by atoms with van der Waals surface area (Å²) in [5.41, 5.74) is 6.54. The summed E-state index contributed by atoms with van der Waals surface area (Å²) in [5.74, 6) is 0.970. The molecule has 2 rings (SSSR count). The molecule has 2 unspecified atom stereocenters. The molecule has 0 saturated heterocycles. The fraction of sp³-hybridized carbons (Fsp3) is 0.600. The fourth-order valence-electron chi connectivity index (χ4n) is 3.32. The van der Waals surface area contributed by atoms with E-state index >= 15 is 0 Å². The Kier molecular flexibility index (Phi) is 4.22. The van der Waals surface area contributed by atoms with Crippen molar-refractivity contribution in [2.24, 2.45) is 16.5 Å². The first kappa shape index (κ1) is 16.1. The molecule has 1 fully saturated rings. The zero-order valence-electron chi connectivity index (χ0n) is 12.8. The molecule has 2 atom stereocenters. The molecular formula is C15H24N2O3S. The Hall–Kier alpha value is -1.27. The van der Waals surface area contributed by atoms with Gasteiger partial charge in [-0.05, 0) is 42.7 Å². The van der Waals surface area contributed by atoms with E-state index in [1.165, 1.54) is 24.6 Å². The highest BCUT2D eigenvalue weighted by Gasteiger charge is 2.33. The lowest BCUT2D eigenvalue weighted by molar-refractivity contribution is 0.0566. The van der Waals surface area contributed by atoms with E-state index in [0.29, 0.717) is 17.4 Å². The summed E-state index contributed by atoms with van der Waals surface area (Å²) >= 11 is 0. The fourth-order valence-corrected chi connectivity index (χ4v) is 3.85. The molecule has 1 saturated carbocycles. The second-order valence-corrected chi connectivity index (χ2v) is 8.46. The van der Waals surface area contributed by atoms with E-state index in [4.69, 9.17) is 15.6 Å². The SMILES string of the molecule is CC1CC(Oc2cc(S(N)(=O)=O)ccc2N)CC(C)(C)C1. The summed E-state index contributed by atoms with van der Waals surface area (Å²) in [5, 5.41) is 5.15. The Labute approximate surface area is 126 Å². The maximum Gasteiger partial charge on any atom is 0.238 e. The van der Waals surface area contributed by atoms with E-state index in [-0.39, 0.29) is 16.4 Å². The van der Waals surface area contributed by atoms with Crippen molar-refractivity contribution in [2.75, 3.05) is 5.73 Å². The van der Waals surface area contributed by atoms with Crippen LogP contribution in [0.2, 0.25) is 0 Å². The summed E-state index contributed by atoms with van der Waals surface area (Å²) in [4.78, 5) is 0.0230. The van der Waals surface area contributed by atoms with Crippen molar-refractivity contribution in [1.29, 1.82) is 0 Å². The summed E-state index contributed by atoms with van der Waals surface area (Å²) in [7, 11) is -3.75. The van der Waals surface area contributed by atoms with Gasteiger partial charge in [0.2, 0.25) is 10.0 Å². The Morgan fingerprint density at radius 3 is 2.52 bits per heavy atom. The number of benzene rings is 1. The molecule has 0 radical (unpaired) electrons. The normalized spacial score (nSPS) is 25.5. The Bertz CT molecular complexity index is 626. The van der Waals surface area contributed by atoms with Crippen LogP contribution in [-0.2, 0) is 10.0 Å². The van der Waals surface area contributed by atoms with E-state index in [9.17, 15) is 8.42 Å². The summed E-state index contributed by atoms with van der Waals surface area (Å²) in [6.07, 6.45) is 3.08. The Morgan fingerprint density at radius 1 is 1.29 bits per heavy atom. The highest BCUT2D eigenvalue weighted by molar-refractivity contribution is 7.89. The van der Waals surface area contributed by atoms with Crippen molar-refractivity contribution in [1.82, 2.24) is 0 Å². The maximum absolute atomic E-state index is 11.4. The molecule has 6 heteroatoms. The van der Waals surface area contributed by atoms with Crippen molar-refractivity contribution in [3.63, 3.8) is 0 Å². The minimum atomic E-state index is -3.75. The number of sulfonamides is 1. The molecule has 1 aromatic carbocycles. The minimum absolute atomic E-state index is 0.0230. The molecule has 1 aliphatic rings. The second kappa shape index (κ2) is 5.50. The third-order valence-corrected chi connectivity index (χ3v) is 4.86. The van der Waals surface area contributed by atoms with Gasteiger partial charge in [-0.3, -0.25) is 0 Å². The maximum atomic E-state index is 11.4. The topological polar surface area (TPSA) is 95.4 Å². The third-order valence-electron chi connectivity index (χ3n) is 3.95. The number of hydrogen-bond acceptors (Lipinski definition) is 4. The third kappa shape index (κ3) is 4.11. The van der Waals surface area contributed by atoms with E-state index < -0.39 is 10.0 Å². The van der Waals surface area contributed by atoms with Crippen molar-refractivity contribution in [3.8, 4) is 5.75 Å². The van der Waals surface area contributed by atoms with Gasteiger partial charge in [0.15, 0.2) is 0 Å². The van der Waals surface area contributed by atoms with Gasteiger partial charge in [0.05, 0.1) is 16.7 Å². The van der Waals surface area contributed by atoms with Crippen molar-refractivity contribution in [2.45, 2.75) is 51.0 Å². The molecule has 4 N–H and O–H groups in total. The van der Waals surface area contributed by atoms with Crippen LogP contribution in [0.25, 0.3) is 0 Å². The van der Waals surface area contributed by atoms with Gasteiger partial charge in [-0.25, -0.2) is 13.6 Å². The van der Waals surface area contributed by atoms with Gasteiger partial charge in [0, 0.05) is 6.07 Å². The number of ether oxygens (including phenoxy) is 1. The molecule has 1 aliphatic carbocycles. The lowest BCUT2D eigenvalue weighted by Crippen LogP contribution is -2.34. The predicted molar refractivity (Wildman–Crippen MR) is 83.4 cm³/mol. The van der Waals surface area contributed by atoms with Crippen LogP contribution in [0, 0.1) is 11.3 Å². The van der Waals surface area contributed by atoms with E-state index in [1.807, 2.05) is 0 Å². The quantitative estimate of drug-likeness (QED) is 0.838. The number of rotatable bonds is 3. The van der Waals surface area contributed by atoms with Crippen LogP contribution < -0.4 is 15.6 Å². The van der Waals surface area contributed by atoms with Crippen LogP contribution in [0.15, 0.2) is 23.1 Å². The van der Waals surface area contributed by atoms with Crippen LogP contribution in [0.3, 0.4) is 0 Å². The second-order valence-electron chi connectivity index (χ2n) is 6.90. The van der Waals surface area contributed by atoms with Crippen molar-refractivity contribution < 1.29 is 13.2 Å². The molecule has 0 amide bonds. The lowest BCUT2D eigenvalue weighted by Gasteiger charge is -2.39. The van der Waals surface area contributed by atoms with E-state index in [1.54, 1.807) is 0 Å². The zero-order chi connectivity index (χ0) is 15.8. The van der Waals surface area contributed by atoms with Crippen LogP contribution in [0.4, 0.5) is 5.69 Å². The average Bonchev–Trinajstić information content (AvgIpc) is 2.27. The number of nitrogen functional groups attached to an aromatic ring is 1. The number of hydrogen-bond donors (Lipinski definition) is 2. The monoisotopic (exact) mass is 312 g/mol. The van der Waals surface area contributed by atoms with Crippen LogP contribution in [0.1, 0.15) is 40.0 Å². The van der Waals surface area contributed by atoms with Crippen molar-refractivity contribution in [3.05, 3.63) is 18.2 Å². The van der Waals surface area contributed by atoms with Gasteiger partial charge in [-0.2, -0.15) is 0 Å². The Balaban J connectivity index is 2.23. The average molecular weight is 312 g/mol. The first-order valence-electron chi connectivity index (χ1n) is 7.16. The molecule has 5 nitrogen and oxygen atoms in total. The van der Waals surface area contributed by atoms with Gasteiger partial charge < -0.3 is 10.5 Å². The zero-order valence-corrected chi connectivity index (χ0v) is 13.6. The first-order valence-corrected chi connectivity index (χ1v) is 8.70. The van der Waals surface area contributed by atoms with Gasteiger partial charge in [0.1, 0.15) is 5.75 Å². The summed E-state index contributed by atoms with van der Waals surface area (Å²) in [6.45, 7) is 6.66. The molecule has 0 aromatic heterocycles. The highest BCUT2D eigenvalue weighted by atomic mass is 32.2. The van der Waals surface area contributed by atoms with Gasteiger partial charge in [0.25, 0.3) is 0 Å². The lowest BCUT2D eigenvalue weighted by atomic mass is 9.71. The molecule has 118 valence electrons. The standard InChI is InChI=1S/C15H24N2O3S/c1-10-6-11(9-15(2,3)8-10)20-14-7-12(21(17,18)19)4-5-13(14)16/h4-5,7,10-11H,6,8-9,16H2,1-3H3,(H2,17,18,19). The molecule has 1 aromatic rings. The molecule has 0 heterocycles. The smallest absolute Gasteiger partial charge is 0.238 e.